The molecule has 0 amide bonds. The van der Waals surface area contributed by atoms with E-state index in [1.54, 1.807) is 6.07 Å². The number of alkyl halides is 1. The fourth-order valence-corrected chi connectivity index (χ4v) is 2.02. The number of ether oxygens (including phenoxy) is 1. The highest BCUT2D eigenvalue weighted by Crippen LogP contribution is 2.21. The average Bonchev–Trinajstić information content (AvgIpc) is 2.28. The summed E-state index contributed by atoms with van der Waals surface area (Å²) in [6, 6.07) is 4.51. The van der Waals surface area contributed by atoms with Crippen LogP contribution in [-0.2, 0) is 0 Å². The van der Waals surface area contributed by atoms with Crippen molar-refractivity contribution in [2.45, 2.75) is 19.8 Å². The molecule has 0 aromatic heterocycles. The third-order valence-corrected chi connectivity index (χ3v) is 3.51. The molecule has 0 aliphatic carbocycles. The van der Waals surface area contributed by atoms with Gasteiger partial charge in [-0.3, -0.25) is 0 Å². The minimum atomic E-state index is -0.440. The maximum absolute atomic E-state index is 13.1. The average molecular weight is 310 g/mol. The Balaban J connectivity index is 2.50. The zero-order chi connectivity index (χ0) is 12.0. The summed E-state index contributed by atoms with van der Waals surface area (Å²) < 4.78 is 18.6. The smallest absolute Gasteiger partial charge is 0.145 e. The Hall–Kier alpha value is -0.280. The summed E-state index contributed by atoms with van der Waals surface area (Å²) in [4.78, 5) is 0. The molecule has 0 saturated heterocycles. The highest BCUT2D eigenvalue weighted by atomic mass is 79.9. The quantitative estimate of drug-likeness (QED) is 0.694. The second kappa shape index (κ2) is 7.13. The molecular formula is C12H15BrClFO. The first-order chi connectivity index (χ1) is 7.67. The summed E-state index contributed by atoms with van der Waals surface area (Å²) in [6.45, 7) is 2.73. The van der Waals surface area contributed by atoms with Gasteiger partial charge in [0.25, 0.3) is 0 Å². The number of hydrogen-bond donors (Lipinski definition) is 0. The van der Waals surface area contributed by atoms with Gasteiger partial charge in [-0.15, -0.1) is 0 Å². The van der Waals surface area contributed by atoms with Gasteiger partial charge in [0.05, 0.1) is 11.6 Å². The van der Waals surface area contributed by atoms with E-state index >= 15 is 0 Å². The van der Waals surface area contributed by atoms with Gasteiger partial charge in [0.15, 0.2) is 0 Å². The summed E-state index contributed by atoms with van der Waals surface area (Å²) in [5.74, 6) is 0.553. The van der Waals surface area contributed by atoms with E-state index in [0.717, 1.165) is 18.2 Å². The predicted molar refractivity (Wildman–Crippen MR) is 69.1 cm³/mol. The van der Waals surface area contributed by atoms with E-state index in [4.69, 9.17) is 16.3 Å². The molecule has 90 valence electrons. The molecule has 0 spiro atoms. The standard InChI is InChI=1S/C12H15BrClFO/c1-2-3-9(7-13)8-16-10-4-5-11(14)12(15)6-10/h4-6,9H,2-3,7-8H2,1H3. The van der Waals surface area contributed by atoms with Crippen LogP contribution in [0.15, 0.2) is 18.2 Å². The van der Waals surface area contributed by atoms with Crippen LogP contribution in [0.25, 0.3) is 0 Å². The lowest BCUT2D eigenvalue weighted by atomic mass is 10.1. The van der Waals surface area contributed by atoms with E-state index in [1.165, 1.54) is 12.1 Å². The van der Waals surface area contributed by atoms with Gasteiger partial charge < -0.3 is 4.74 Å². The van der Waals surface area contributed by atoms with Crippen molar-refractivity contribution in [3.05, 3.63) is 29.0 Å². The van der Waals surface area contributed by atoms with Crippen LogP contribution in [0.4, 0.5) is 4.39 Å². The van der Waals surface area contributed by atoms with Crippen molar-refractivity contribution in [2.24, 2.45) is 5.92 Å². The van der Waals surface area contributed by atoms with Crippen molar-refractivity contribution in [1.29, 1.82) is 0 Å². The van der Waals surface area contributed by atoms with Gasteiger partial charge in [-0.25, -0.2) is 4.39 Å². The Kier molecular flexibility index (Phi) is 6.14. The first-order valence-electron chi connectivity index (χ1n) is 5.31. The molecule has 1 nitrogen and oxygen atoms in total. The first kappa shape index (κ1) is 13.8. The van der Waals surface area contributed by atoms with E-state index < -0.39 is 5.82 Å². The molecule has 1 unspecified atom stereocenters. The third kappa shape index (κ3) is 4.30. The highest BCUT2D eigenvalue weighted by molar-refractivity contribution is 9.09. The molecule has 4 heteroatoms. The van der Waals surface area contributed by atoms with Crippen molar-refractivity contribution in [3.8, 4) is 5.75 Å². The minimum absolute atomic E-state index is 0.123. The Morgan fingerprint density at radius 2 is 2.25 bits per heavy atom. The molecule has 1 aromatic carbocycles. The molecule has 0 radical (unpaired) electrons. The first-order valence-corrected chi connectivity index (χ1v) is 6.81. The van der Waals surface area contributed by atoms with Crippen LogP contribution in [0, 0.1) is 11.7 Å². The Labute approximate surface area is 109 Å². The van der Waals surface area contributed by atoms with Gasteiger partial charge in [-0.2, -0.15) is 0 Å². The van der Waals surface area contributed by atoms with E-state index in [2.05, 4.69) is 22.9 Å². The van der Waals surface area contributed by atoms with Crippen LogP contribution in [0.5, 0.6) is 5.75 Å². The molecule has 16 heavy (non-hydrogen) atoms. The van der Waals surface area contributed by atoms with E-state index in [9.17, 15) is 4.39 Å². The van der Waals surface area contributed by atoms with Gasteiger partial charge in [-0.1, -0.05) is 40.9 Å². The molecule has 1 atom stereocenters. The van der Waals surface area contributed by atoms with Gasteiger partial charge >= 0.3 is 0 Å². The Morgan fingerprint density at radius 3 is 2.81 bits per heavy atom. The Bertz CT molecular complexity index is 333. The minimum Gasteiger partial charge on any atom is -0.493 e. The zero-order valence-corrected chi connectivity index (χ0v) is 11.5. The van der Waals surface area contributed by atoms with E-state index in [-0.39, 0.29) is 5.02 Å². The van der Waals surface area contributed by atoms with Crippen molar-refractivity contribution in [3.63, 3.8) is 0 Å². The lowest BCUT2D eigenvalue weighted by Gasteiger charge is -2.14. The van der Waals surface area contributed by atoms with Crippen LogP contribution in [0.2, 0.25) is 5.02 Å². The molecule has 0 aliphatic heterocycles. The molecule has 1 aromatic rings. The number of benzene rings is 1. The van der Waals surface area contributed by atoms with Crippen molar-refractivity contribution >= 4 is 27.5 Å². The third-order valence-electron chi connectivity index (χ3n) is 2.29. The molecule has 0 aliphatic rings. The maximum atomic E-state index is 13.1. The van der Waals surface area contributed by atoms with Crippen molar-refractivity contribution < 1.29 is 9.13 Å². The summed E-state index contributed by atoms with van der Waals surface area (Å²) in [5, 5.41) is 1.02. The Morgan fingerprint density at radius 1 is 1.50 bits per heavy atom. The van der Waals surface area contributed by atoms with E-state index in [1.807, 2.05) is 0 Å². The number of rotatable bonds is 6. The van der Waals surface area contributed by atoms with Crippen LogP contribution >= 0.6 is 27.5 Å². The van der Waals surface area contributed by atoms with Crippen LogP contribution in [-0.4, -0.2) is 11.9 Å². The molecule has 0 N–H and O–H groups in total. The molecule has 0 saturated carbocycles. The SMILES string of the molecule is CCCC(CBr)COc1ccc(Cl)c(F)c1. The second-order valence-electron chi connectivity index (χ2n) is 3.70. The molecule has 0 fully saturated rings. The maximum Gasteiger partial charge on any atom is 0.145 e. The number of hydrogen-bond acceptors (Lipinski definition) is 1. The molecular weight excluding hydrogens is 294 g/mol. The molecule has 0 heterocycles. The topological polar surface area (TPSA) is 9.23 Å². The fraction of sp³-hybridized carbons (Fsp3) is 0.500. The van der Waals surface area contributed by atoms with Gasteiger partial charge in [0.1, 0.15) is 11.6 Å². The largest absolute Gasteiger partial charge is 0.493 e. The van der Waals surface area contributed by atoms with Gasteiger partial charge in [0.2, 0.25) is 0 Å². The fourth-order valence-electron chi connectivity index (χ4n) is 1.39. The summed E-state index contributed by atoms with van der Waals surface area (Å²) >= 11 is 9.02. The van der Waals surface area contributed by atoms with Gasteiger partial charge in [-0.05, 0) is 18.6 Å². The predicted octanol–water partition coefficient (Wildman–Crippen LogP) is 4.67. The molecule has 1 rings (SSSR count). The summed E-state index contributed by atoms with van der Waals surface area (Å²) in [7, 11) is 0. The lowest BCUT2D eigenvalue weighted by molar-refractivity contribution is 0.254. The summed E-state index contributed by atoms with van der Waals surface area (Å²) in [5.41, 5.74) is 0. The second-order valence-corrected chi connectivity index (χ2v) is 4.75. The van der Waals surface area contributed by atoms with Crippen molar-refractivity contribution in [2.75, 3.05) is 11.9 Å². The van der Waals surface area contributed by atoms with Crippen LogP contribution in [0.3, 0.4) is 0 Å². The lowest BCUT2D eigenvalue weighted by Crippen LogP contribution is -2.13. The van der Waals surface area contributed by atoms with Crippen molar-refractivity contribution in [1.82, 2.24) is 0 Å². The summed E-state index contributed by atoms with van der Waals surface area (Å²) in [6.07, 6.45) is 2.22. The monoisotopic (exact) mass is 308 g/mol. The molecule has 0 bridgehead atoms. The van der Waals surface area contributed by atoms with Gasteiger partial charge in [0, 0.05) is 17.3 Å². The van der Waals surface area contributed by atoms with E-state index in [0.29, 0.717) is 18.3 Å². The highest BCUT2D eigenvalue weighted by Gasteiger charge is 2.08. The van der Waals surface area contributed by atoms with Crippen LogP contribution < -0.4 is 4.74 Å². The van der Waals surface area contributed by atoms with Crippen LogP contribution in [0.1, 0.15) is 19.8 Å². The zero-order valence-electron chi connectivity index (χ0n) is 9.18. The normalized spacial score (nSPS) is 12.5. The number of halogens is 3.